The molecule has 156 valence electrons. The number of aromatic amines is 1. The quantitative estimate of drug-likeness (QED) is 0.791. The van der Waals surface area contributed by atoms with Gasteiger partial charge in [0.2, 0.25) is 5.91 Å². The van der Waals surface area contributed by atoms with Gasteiger partial charge >= 0.3 is 0 Å². The van der Waals surface area contributed by atoms with Crippen LogP contribution >= 0.6 is 11.8 Å². The molecular weight excluding hydrogens is 384 g/mol. The molecule has 1 atom stereocenters. The molecule has 6 nitrogen and oxygen atoms in total. The molecule has 4 fully saturated rings. The molecular formula is C22H30N4O2S. The van der Waals surface area contributed by atoms with Crippen LogP contribution in [-0.4, -0.2) is 50.2 Å². The third kappa shape index (κ3) is 3.62. The van der Waals surface area contributed by atoms with Crippen LogP contribution in [0.15, 0.2) is 23.3 Å². The van der Waals surface area contributed by atoms with E-state index in [1.807, 2.05) is 17.0 Å². The largest absolute Gasteiger partial charge is 0.357 e. The van der Waals surface area contributed by atoms with Gasteiger partial charge in [0.1, 0.15) is 5.69 Å². The average Bonchev–Trinajstić information content (AvgIpc) is 3.48. The van der Waals surface area contributed by atoms with Gasteiger partial charge in [-0.15, -0.1) is 0 Å². The normalized spacial score (nSPS) is 36.2. The Kier molecular flexibility index (Phi) is 4.76. The van der Waals surface area contributed by atoms with E-state index in [0.29, 0.717) is 11.6 Å². The highest BCUT2D eigenvalue weighted by Crippen LogP contribution is 2.51. The number of thioether (sulfide) groups is 1. The zero-order valence-corrected chi connectivity index (χ0v) is 17.9. The van der Waals surface area contributed by atoms with E-state index in [9.17, 15) is 9.59 Å². The molecule has 0 aromatic carbocycles. The molecule has 2 N–H and O–H groups in total. The highest BCUT2D eigenvalue weighted by Gasteiger charge is 2.48. The molecule has 2 bridgehead atoms. The second kappa shape index (κ2) is 7.18. The van der Waals surface area contributed by atoms with Gasteiger partial charge in [-0.3, -0.25) is 14.6 Å². The second-order valence-electron chi connectivity index (χ2n) is 9.60. The lowest BCUT2D eigenvalue weighted by molar-refractivity contribution is -0.121. The molecule has 3 heterocycles. The molecule has 2 saturated heterocycles. The number of carbonyl (C=O) groups is 2. The number of nitrogens with zero attached hydrogens (tertiary/aromatic N) is 2. The maximum absolute atomic E-state index is 12.8. The maximum Gasteiger partial charge on any atom is 0.270 e. The predicted octanol–water partition coefficient (Wildman–Crippen LogP) is 3.57. The summed E-state index contributed by atoms with van der Waals surface area (Å²) >= 11 is 1.64. The highest BCUT2D eigenvalue weighted by atomic mass is 32.2. The number of amidine groups is 1. The summed E-state index contributed by atoms with van der Waals surface area (Å²) in [5.41, 5.74) is 0.761. The molecule has 0 radical (unpaired) electrons. The van der Waals surface area contributed by atoms with Crippen molar-refractivity contribution in [3.63, 3.8) is 0 Å². The van der Waals surface area contributed by atoms with Crippen molar-refractivity contribution in [3.8, 4) is 0 Å². The molecule has 1 aromatic rings. The molecule has 4 aliphatic rings. The third-order valence-electron chi connectivity index (χ3n) is 7.47. The van der Waals surface area contributed by atoms with E-state index in [0.717, 1.165) is 43.4 Å². The second-order valence-corrected chi connectivity index (χ2v) is 11.1. The lowest BCUT2D eigenvalue weighted by atomic mass is 9.87. The summed E-state index contributed by atoms with van der Waals surface area (Å²) in [6, 6.07) is 3.68. The summed E-state index contributed by atoms with van der Waals surface area (Å²) in [7, 11) is 0. The van der Waals surface area contributed by atoms with E-state index in [2.05, 4.69) is 17.2 Å². The van der Waals surface area contributed by atoms with Crippen molar-refractivity contribution in [2.24, 2.45) is 16.8 Å². The van der Waals surface area contributed by atoms with E-state index in [1.54, 1.807) is 18.0 Å². The van der Waals surface area contributed by atoms with Crippen molar-refractivity contribution >= 4 is 28.7 Å². The lowest BCUT2D eigenvalue weighted by Gasteiger charge is -2.34. The van der Waals surface area contributed by atoms with Gasteiger partial charge in [0.25, 0.3) is 5.91 Å². The molecule has 1 aromatic heterocycles. The van der Waals surface area contributed by atoms with Gasteiger partial charge in [-0.05, 0) is 82.3 Å². The average molecular weight is 415 g/mol. The summed E-state index contributed by atoms with van der Waals surface area (Å²) in [4.78, 5) is 35.3. The van der Waals surface area contributed by atoms with Crippen molar-refractivity contribution in [1.29, 1.82) is 0 Å². The van der Waals surface area contributed by atoms with Crippen molar-refractivity contribution in [1.82, 2.24) is 15.2 Å². The summed E-state index contributed by atoms with van der Waals surface area (Å²) < 4.78 is -0.442. The first-order chi connectivity index (χ1) is 13.9. The van der Waals surface area contributed by atoms with Gasteiger partial charge in [0, 0.05) is 19.3 Å². The van der Waals surface area contributed by atoms with E-state index >= 15 is 0 Å². The molecule has 2 aliphatic carbocycles. The fraction of sp³-hybridized carbons (Fsp3) is 0.682. The molecule has 7 heteroatoms. The number of fused-ring (bicyclic) bond motifs is 2. The van der Waals surface area contributed by atoms with Crippen molar-refractivity contribution < 1.29 is 9.59 Å². The van der Waals surface area contributed by atoms with Gasteiger partial charge in [-0.25, -0.2) is 0 Å². The van der Waals surface area contributed by atoms with Crippen LogP contribution in [0.25, 0.3) is 0 Å². The topological polar surface area (TPSA) is 77.6 Å². The zero-order valence-electron chi connectivity index (χ0n) is 17.1. The van der Waals surface area contributed by atoms with Gasteiger partial charge in [-0.2, -0.15) is 0 Å². The number of hydrogen-bond acceptors (Lipinski definition) is 4. The highest BCUT2D eigenvalue weighted by molar-refractivity contribution is 8.16. The molecule has 29 heavy (non-hydrogen) atoms. The van der Waals surface area contributed by atoms with Crippen LogP contribution in [0.4, 0.5) is 0 Å². The Morgan fingerprint density at radius 1 is 1.28 bits per heavy atom. The number of nitrogens with one attached hydrogen (secondary N) is 2. The first kappa shape index (κ1) is 19.2. The summed E-state index contributed by atoms with van der Waals surface area (Å²) in [6.45, 7) is 3.59. The molecule has 2 saturated carbocycles. The van der Waals surface area contributed by atoms with Crippen molar-refractivity contribution in [3.05, 3.63) is 24.0 Å². The molecule has 2 amide bonds. The number of aromatic nitrogens is 1. The van der Waals surface area contributed by atoms with Crippen LogP contribution in [0.2, 0.25) is 0 Å². The molecule has 0 spiro atoms. The van der Waals surface area contributed by atoms with Crippen LogP contribution < -0.4 is 5.32 Å². The number of aliphatic imine (C=N–C) groups is 1. The minimum absolute atomic E-state index is 0.0766. The number of piperidine rings is 1. The van der Waals surface area contributed by atoms with Gasteiger partial charge in [-0.1, -0.05) is 11.8 Å². The third-order valence-corrected chi connectivity index (χ3v) is 8.66. The minimum atomic E-state index is -0.442. The van der Waals surface area contributed by atoms with E-state index in [4.69, 9.17) is 4.99 Å². The predicted molar refractivity (Wildman–Crippen MR) is 115 cm³/mol. The standard InChI is InChI=1S/C22H30N4O2S/c1-21(13-16-6-11-26(12-7-16)18(27)17-3-2-10-23-17)19(28)24-20(29-21)25-22-8-4-15(14-22)5-9-22/h2-3,10,15-16,23H,4-9,11-14H2,1H3,(H,24,25,28). The number of likely N-dealkylation sites (tertiary alicyclic amines) is 1. The summed E-state index contributed by atoms with van der Waals surface area (Å²) in [5.74, 6) is 1.50. The SMILES string of the molecule is CC1(CC2CCN(C(=O)c3ccc[nH]3)CC2)SC(=NC23CCC(CC2)C3)NC1=O. The van der Waals surface area contributed by atoms with Gasteiger partial charge in [0.15, 0.2) is 5.17 Å². The fourth-order valence-electron chi connectivity index (χ4n) is 5.76. The Bertz CT molecular complexity index is 820. The monoisotopic (exact) mass is 414 g/mol. The smallest absolute Gasteiger partial charge is 0.270 e. The van der Waals surface area contributed by atoms with E-state index in [-0.39, 0.29) is 17.4 Å². The van der Waals surface area contributed by atoms with Crippen LogP contribution in [-0.2, 0) is 4.79 Å². The Labute approximate surface area is 176 Å². The Morgan fingerprint density at radius 3 is 2.66 bits per heavy atom. The number of H-pyrrole nitrogens is 1. The first-order valence-electron chi connectivity index (χ1n) is 11.0. The number of carbonyl (C=O) groups excluding carboxylic acids is 2. The van der Waals surface area contributed by atoms with Crippen LogP contribution in [0.1, 0.15) is 68.8 Å². The number of rotatable bonds is 4. The maximum atomic E-state index is 12.8. The summed E-state index contributed by atoms with van der Waals surface area (Å²) in [5, 5.41) is 3.94. The summed E-state index contributed by atoms with van der Waals surface area (Å²) in [6.07, 6.45) is 10.7. The van der Waals surface area contributed by atoms with Crippen LogP contribution in [0.3, 0.4) is 0 Å². The van der Waals surface area contributed by atoms with E-state index < -0.39 is 4.75 Å². The van der Waals surface area contributed by atoms with Crippen molar-refractivity contribution in [2.45, 2.75) is 68.6 Å². The molecule has 2 aliphatic heterocycles. The Morgan fingerprint density at radius 2 is 2.03 bits per heavy atom. The van der Waals surface area contributed by atoms with E-state index in [1.165, 1.54) is 32.1 Å². The first-order valence-corrected chi connectivity index (χ1v) is 11.8. The van der Waals surface area contributed by atoms with Gasteiger partial charge in [0.05, 0.1) is 10.3 Å². The molecule has 5 rings (SSSR count). The number of amides is 2. The van der Waals surface area contributed by atoms with Crippen LogP contribution in [0.5, 0.6) is 0 Å². The van der Waals surface area contributed by atoms with Gasteiger partial charge < -0.3 is 15.2 Å². The molecule has 1 unspecified atom stereocenters. The van der Waals surface area contributed by atoms with Crippen LogP contribution in [0, 0.1) is 11.8 Å². The Hall–Kier alpha value is -1.76. The van der Waals surface area contributed by atoms with Crippen molar-refractivity contribution in [2.75, 3.05) is 13.1 Å². The fourth-order valence-corrected chi connectivity index (χ4v) is 7.03. The minimum Gasteiger partial charge on any atom is -0.357 e. The zero-order chi connectivity index (χ0) is 20.1. The lowest BCUT2D eigenvalue weighted by Crippen LogP contribution is -2.42. The number of hydrogen-bond donors (Lipinski definition) is 2. The Balaban J connectivity index is 1.19.